The lowest BCUT2D eigenvalue weighted by atomic mass is 9.91. The topological polar surface area (TPSA) is 156 Å². The summed E-state index contributed by atoms with van der Waals surface area (Å²) in [7, 11) is 0. The number of carboxylic acids is 1. The van der Waals surface area contributed by atoms with Crippen molar-refractivity contribution in [3.8, 4) is 5.75 Å². The van der Waals surface area contributed by atoms with E-state index in [1.54, 1.807) is 12.3 Å². The molecule has 0 aliphatic carbocycles. The molecule has 2 aromatic rings. The maximum Gasteiger partial charge on any atom is 0.326 e. The van der Waals surface area contributed by atoms with Crippen molar-refractivity contribution >= 4 is 28.7 Å². The molecule has 1 fully saturated rings. The van der Waals surface area contributed by atoms with E-state index in [0.717, 1.165) is 17.4 Å². The zero-order valence-corrected chi connectivity index (χ0v) is 19.0. The fourth-order valence-electron chi connectivity index (χ4n) is 4.04. The van der Waals surface area contributed by atoms with E-state index in [4.69, 9.17) is 16.3 Å². The molecule has 1 amide bonds. The van der Waals surface area contributed by atoms with Gasteiger partial charge in [-0.1, -0.05) is 19.1 Å². The smallest absolute Gasteiger partial charge is 0.326 e. The highest BCUT2D eigenvalue weighted by atomic mass is 16.6. The molecule has 3 atom stereocenters. The molecule has 33 heavy (non-hydrogen) atoms. The minimum absolute atomic E-state index is 0.0184. The molecular weight excluding hydrogens is 424 g/mol. The van der Waals surface area contributed by atoms with Crippen molar-refractivity contribution in [2.24, 2.45) is 22.4 Å². The molecule has 1 aromatic heterocycles. The molecule has 0 unspecified atom stereocenters. The Kier molecular flexibility index (Phi) is 8.05. The average Bonchev–Trinajstić information content (AvgIpc) is 2.77. The van der Waals surface area contributed by atoms with E-state index >= 15 is 0 Å². The van der Waals surface area contributed by atoms with E-state index in [2.05, 4.69) is 15.5 Å². The number of hydrogen-bond acceptors (Lipinski definition) is 6. The number of guanidine groups is 1. The largest absolute Gasteiger partial charge is 0.480 e. The number of carboxylic acid groups (broad SMARTS) is 1. The predicted octanol–water partition coefficient (Wildman–Crippen LogP) is 1.56. The molecule has 1 saturated heterocycles. The normalized spacial score (nSPS) is 19.2. The van der Waals surface area contributed by atoms with Gasteiger partial charge >= 0.3 is 5.97 Å². The fraction of sp³-hybridized carbons (Fsp3) is 0.478. The number of hydrogen-bond donors (Lipinski definition) is 4. The Bertz CT molecular complexity index is 1020. The van der Waals surface area contributed by atoms with Gasteiger partial charge in [0.1, 0.15) is 17.6 Å². The van der Waals surface area contributed by atoms with E-state index in [1.807, 2.05) is 32.0 Å². The summed E-state index contributed by atoms with van der Waals surface area (Å²) in [5.41, 5.74) is 15.3. The number of carbonyl (C=O) groups excluding carboxylic acids is 1. The Morgan fingerprint density at radius 3 is 2.91 bits per heavy atom. The second kappa shape index (κ2) is 11.0. The monoisotopic (exact) mass is 456 g/mol. The molecule has 0 spiro atoms. The molecule has 1 aliphatic heterocycles. The number of amides is 1. The number of benzene rings is 1. The van der Waals surface area contributed by atoms with Gasteiger partial charge in [0.25, 0.3) is 0 Å². The van der Waals surface area contributed by atoms with Crippen molar-refractivity contribution in [2.75, 3.05) is 13.1 Å². The van der Waals surface area contributed by atoms with Crippen molar-refractivity contribution < 1.29 is 19.5 Å². The summed E-state index contributed by atoms with van der Waals surface area (Å²) >= 11 is 0. The highest BCUT2D eigenvalue weighted by Crippen LogP contribution is 2.26. The number of piperidine rings is 1. The van der Waals surface area contributed by atoms with E-state index in [-0.39, 0.29) is 17.8 Å². The molecule has 2 heterocycles. The first kappa shape index (κ1) is 24.2. The number of aromatic nitrogens is 1. The summed E-state index contributed by atoms with van der Waals surface area (Å²) < 4.78 is 0. The number of para-hydroxylation sites is 1. The lowest BCUT2D eigenvalue weighted by Crippen LogP contribution is -2.56. The van der Waals surface area contributed by atoms with Crippen LogP contribution in [0, 0.1) is 12.8 Å². The molecule has 1 aliphatic rings. The molecule has 178 valence electrons. The lowest BCUT2D eigenvalue weighted by molar-refractivity contribution is -0.155. The molecule has 3 rings (SSSR count). The van der Waals surface area contributed by atoms with E-state index < -0.39 is 18.1 Å². The number of pyridine rings is 1. The first-order valence-electron chi connectivity index (χ1n) is 11.1. The van der Waals surface area contributed by atoms with E-state index in [9.17, 15) is 14.7 Å². The fourth-order valence-corrected chi connectivity index (χ4v) is 4.04. The van der Waals surface area contributed by atoms with E-state index in [1.165, 1.54) is 4.90 Å². The summed E-state index contributed by atoms with van der Waals surface area (Å²) in [6, 6.07) is 5.93. The van der Waals surface area contributed by atoms with Crippen LogP contribution in [0.3, 0.4) is 0 Å². The number of aliphatic imine (C=N–C) groups is 1. The zero-order valence-electron chi connectivity index (χ0n) is 19.0. The second-order valence-electron chi connectivity index (χ2n) is 8.58. The Balaban J connectivity index is 1.78. The minimum atomic E-state index is -0.997. The number of fused-ring (bicyclic) bond motifs is 1. The van der Waals surface area contributed by atoms with Gasteiger partial charge in [-0.2, -0.15) is 0 Å². The average molecular weight is 457 g/mol. The third-order valence-electron chi connectivity index (χ3n) is 5.80. The number of likely N-dealkylation sites (tertiary alicyclic amines) is 1. The molecule has 1 aromatic carbocycles. The van der Waals surface area contributed by atoms with Crippen LogP contribution < -0.4 is 21.8 Å². The number of nitrogens with two attached hydrogens (primary N) is 2. The minimum Gasteiger partial charge on any atom is -0.480 e. The number of carbonyl (C=O) groups is 2. The number of nitrogens with zero attached hydrogens (tertiary/aromatic N) is 3. The number of rotatable bonds is 9. The second-order valence-corrected chi connectivity index (χ2v) is 8.58. The van der Waals surface area contributed by atoms with Crippen LogP contribution >= 0.6 is 0 Å². The van der Waals surface area contributed by atoms with Gasteiger partial charge in [0.05, 0.1) is 0 Å². The van der Waals surface area contributed by atoms with Crippen LogP contribution in [0.1, 0.15) is 38.2 Å². The standard InChI is InChI=1S/C23H32N6O4/c1-14-8-10-29(18(12-14)22(31)32)21(30)17(6-4-9-26-23(24)25)28-33-19-7-3-5-16-11-15(2)13-27-20(16)19/h3,5,7,11,13-14,17-18,28H,4,6,8-10,12H2,1-2H3,(H,31,32)(H4,24,25,26)/t14-,17+,18-/m1/s1. The van der Waals surface area contributed by atoms with Gasteiger partial charge < -0.3 is 26.3 Å². The Hall–Kier alpha value is -3.40. The molecular formula is C23H32N6O4. The Labute approximate surface area is 193 Å². The molecule has 0 saturated carbocycles. The zero-order chi connectivity index (χ0) is 24.0. The molecule has 10 nitrogen and oxygen atoms in total. The van der Waals surface area contributed by atoms with Crippen molar-refractivity contribution in [1.29, 1.82) is 0 Å². The van der Waals surface area contributed by atoms with Gasteiger partial charge in [-0.05, 0) is 56.2 Å². The summed E-state index contributed by atoms with van der Waals surface area (Å²) in [6.07, 6.45) is 3.81. The Morgan fingerprint density at radius 2 is 2.18 bits per heavy atom. The Morgan fingerprint density at radius 1 is 1.39 bits per heavy atom. The van der Waals surface area contributed by atoms with Crippen LogP contribution in [0.2, 0.25) is 0 Å². The SMILES string of the molecule is Cc1cnc2c(ON[C@@H](CCCN=C(N)N)C(=O)N3CC[C@@H](C)C[C@@H]3C(=O)O)cccc2c1. The molecule has 0 bridgehead atoms. The highest BCUT2D eigenvalue weighted by Gasteiger charge is 2.37. The maximum absolute atomic E-state index is 13.4. The van der Waals surface area contributed by atoms with Crippen LogP contribution in [0.4, 0.5) is 0 Å². The van der Waals surface area contributed by atoms with Crippen LogP contribution in [-0.4, -0.2) is 58.0 Å². The van der Waals surface area contributed by atoms with Gasteiger partial charge in [0.15, 0.2) is 11.7 Å². The van der Waals surface area contributed by atoms with Crippen LogP contribution in [-0.2, 0) is 9.59 Å². The third-order valence-corrected chi connectivity index (χ3v) is 5.80. The summed E-state index contributed by atoms with van der Waals surface area (Å²) in [5, 5.41) is 10.6. The van der Waals surface area contributed by atoms with Crippen molar-refractivity contribution in [3.05, 3.63) is 36.0 Å². The van der Waals surface area contributed by atoms with Gasteiger partial charge in [-0.25, -0.2) is 4.79 Å². The van der Waals surface area contributed by atoms with Crippen molar-refractivity contribution in [3.63, 3.8) is 0 Å². The summed E-state index contributed by atoms with van der Waals surface area (Å²) in [4.78, 5) is 40.9. The number of hydroxylamine groups is 1. The van der Waals surface area contributed by atoms with Crippen LogP contribution in [0.5, 0.6) is 5.75 Å². The van der Waals surface area contributed by atoms with E-state index in [0.29, 0.717) is 43.6 Å². The third kappa shape index (κ3) is 6.32. The molecule has 0 radical (unpaired) electrons. The number of aliphatic carboxylic acids is 1. The number of aryl methyl sites for hydroxylation is 1. The van der Waals surface area contributed by atoms with Gasteiger partial charge in [0.2, 0.25) is 5.91 Å². The van der Waals surface area contributed by atoms with Gasteiger partial charge in [-0.3, -0.25) is 14.8 Å². The van der Waals surface area contributed by atoms with Crippen LogP contribution in [0.15, 0.2) is 35.5 Å². The molecule has 6 N–H and O–H groups in total. The van der Waals surface area contributed by atoms with Crippen LogP contribution in [0.25, 0.3) is 10.9 Å². The summed E-state index contributed by atoms with van der Waals surface area (Å²) in [6.45, 7) is 4.70. The van der Waals surface area contributed by atoms with Crippen molar-refractivity contribution in [2.45, 2.75) is 51.6 Å². The van der Waals surface area contributed by atoms with Crippen molar-refractivity contribution in [1.82, 2.24) is 15.4 Å². The highest BCUT2D eigenvalue weighted by molar-refractivity contribution is 5.87. The van der Waals surface area contributed by atoms with Gasteiger partial charge in [0, 0.05) is 24.7 Å². The number of nitrogens with one attached hydrogen (secondary N) is 1. The van der Waals surface area contributed by atoms with Gasteiger partial charge in [-0.15, -0.1) is 5.48 Å². The first-order chi connectivity index (χ1) is 15.8. The lowest BCUT2D eigenvalue weighted by Gasteiger charge is -2.38. The summed E-state index contributed by atoms with van der Waals surface area (Å²) in [5.74, 6) is -0.608. The maximum atomic E-state index is 13.4. The quantitative estimate of drug-likeness (QED) is 0.192. The first-order valence-corrected chi connectivity index (χ1v) is 11.1. The molecule has 10 heteroatoms. The predicted molar refractivity (Wildman–Crippen MR) is 125 cm³/mol.